The molecule has 0 bridgehead atoms. The van der Waals surface area contributed by atoms with Gasteiger partial charge in [0.05, 0.1) is 15.9 Å². The van der Waals surface area contributed by atoms with E-state index in [0.29, 0.717) is 0 Å². The third kappa shape index (κ3) is 3.27. The van der Waals surface area contributed by atoms with E-state index in [1.807, 2.05) is 19.3 Å². The van der Waals surface area contributed by atoms with Crippen molar-refractivity contribution in [3.63, 3.8) is 0 Å². The highest BCUT2D eigenvalue weighted by Gasteiger charge is 2.18. The van der Waals surface area contributed by atoms with Crippen LogP contribution in [0.4, 0.5) is 0 Å². The van der Waals surface area contributed by atoms with Crippen molar-refractivity contribution in [2.24, 2.45) is 0 Å². The fraction of sp³-hybridized carbons (Fsp3) is 0.467. The quantitative estimate of drug-likeness (QED) is 0.880. The predicted molar refractivity (Wildman–Crippen MR) is 84.7 cm³/mol. The SMILES string of the molecule is CCNC(Cc1c(Br)c(C)nn1CC)c1ccncc1. The third-order valence-electron chi connectivity index (χ3n) is 3.41. The average molecular weight is 337 g/mol. The van der Waals surface area contributed by atoms with Gasteiger partial charge in [-0.1, -0.05) is 6.92 Å². The van der Waals surface area contributed by atoms with Crippen molar-refractivity contribution in [2.45, 2.75) is 39.8 Å². The molecule has 0 radical (unpaired) electrons. The second kappa shape index (κ2) is 6.99. The molecule has 0 aromatic carbocycles. The summed E-state index contributed by atoms with van der Waals surface area (Å²) in [6.45, 7) is 8.11. The highest BCUT2D eigenvalue weighted by Crippen LogP contribution is 2.26. The Hall–Kier alpha value is -1.20. The van der Waals surface area contributed by atoms with Gasteiger partial charge in [0.1, 0.15) is 0 Å². The van der Waals surface area contributed by atoms with Gasteiger partial charge in [0.25, 0.3) is 0 Å². The van der Waals surface area contributed by atoms with Gasteiger partial charge in [-0.3, -0.25) is 9.67 Å². The van der Waals surface area contributed by atoms with Gasteiger partial charge in [-0.15, -0.1) is 0 Å². The molecule has 0 spiro atoms. The summed E-state index contributed by atoms with van der Waals surface area (Å²) in [6, 6.07) is 4.42. The summed E-state index contributed by atoms with van der Waals surface area (Å²) >= 11 is 3.67. The van der Waals surface area contributed by atoms with E-state index in [1.165, 1.54) is 11.3 Å². The molecule has 0 saturated carbocycles. The molecule has 0 saturated heterocycles. The summed E-state index contributed by atoms with van der Waals surface area (Å²) in [4.78, 5) is 4.10. The van der Waals surface area contributed by atoms with E-state index < -0.39 is 0 Å². The molecule has 2 aromatic rings. The number of likely N-dealkylation sites (N-methyl/N-ethyl adjacent to an activating group) is 1. The van der Waals surface area contributed by atoms with E-state index >= 15 is 0 Å². The fourth-order valence-corrected chi connectivity index (χ4v) is 2.85. The summed E-state index contributed by atoms with van der Waals surface area (Å²) in [5, 5.41) is 8.11. The second-order valence-electron chi connectivity index (χ2n) is 4.76. The maximum Gasteiger partial charge on any atom is 0.0738 e. The van der Waals surface area contributed by atoms with Crippen LogP contribution in [-0.4, -0.2) is 21.3 Å². The first-order valence-electron chi connectivity index (χ1n) is 7.02. The monoisotopic (exact) mass is 336 g/mol. The summed E-state index contributed by atoms with van der Waals surface area (Å²) in [5.41, 5.74) is 3.55. The van der Waals surface area contributed by atoms with Crippen molar-refractivity contribution in [1.82, 2.24) is 20.1 Å². The summed E-state index contributed by atoms with van der Waals surface area (Å²) in [6.07, 6.45) is 4.60. The van der Waals surface area contributed by atoms with Gasteiger partial charge in [-0.25, -0.2) is 0 Å². The Morgan fingerprint density at radius 3 is 2.60 bits per heavy atom. The van der Waals surface area contributed by atoms with Crippen LogP contribution >= 0.6 is 15.9 Å². The first-order valence-corrected chi connectivity index (χ1v) is 7.81. The van der Waals surface area contributed by atoms with Crippen LogP contribution in [0.5, 0.6) is 0 Å². The zero-order valence-electron chi connectivity index (χ0n) is 12.2. The first kappa shape index (κ1) is 15.2. The smallest absolute Gasteiger partial charge is 0.0738 e. The molecule has 1 N–H and O–H groups in total. The molecule has 5 heteroatoms. The molecule has 0 fully saturated rings. The molecule has 0 aliphatic carbocycles. The maximum atomic E-state index is 4.57. The van der Waals surface area contributed by atoms with Crippen molar-refractivity contribution in [2.75, 3.05) is 6.54 Å². The molecule has 0 amide bonds. The van der Waals surface area contributed by atoms with Crippen LogP contribution in [0.2, 0.25) is 0 Å². The normalized spacial score (nSPS) is 12.6. The number of aromatic nitrogens is 3. The van der Waals surface area contributed by atoms with Crippen LogP contribution < -0.4 is 5.32 Å². The number of nitrogens with zero attached hydrogens (tertiary/aromatic N) is 3. The minimum Gasteiger partial charge on any atom is -0.310 e. The average Bonchev–Trinajstić information content (AvgIpc) is 2.75. The van der Waals surface area contributed by atoms with Crippen molar-refractivity contribution >= 4 is 15.9 Å². The number of hydrogen-bond acceptors (Lipinski definition) is 3. The van der Waals surface area contributed by atoms with Gasteiger partial charge in [0.2, 0.25) is 0 Å². The fourth-order valence-electron chi connectivity index (χ4n) is 2.41. The van der Waals surface area contributed by atoms with Gasteiger partial charge in [-0.05, 0) is 54.0 Å². The minimum absolute atomic E-state index is 0.278. The van der Waals surface area contributed by atoms with Crippen molar-refractivity contribution in [3.8, 4) is 0 Å². The molecule has 4 nitrogen and oxygen atoms in total. The number of rotatable bonds is 6. The zero-order chi connectivity index (χ0) is 14.5. The van der Waals surface area contributed by atoms with E-state index in [2.05, 4.69) is 62.0 Å². The Morgan fingerprint density at radius 1 is 1.30 bits per heavy atom. The Bertz CT molecular complexity index is 551. The molecule has 0 aliphatic heterocycles. The molecule has 2 aromatic heterocycles. The van der Waals surface area contributed by atoms with Crippen LogP contribution in [0.25, 0.3) is 0 Å². The molecule has 2 rings (SSSR count). The van der Waals surface area contributed by atoms with E-state index in [9.17, 15) is 0 Å². The van der Waals surface area contributed by atoms with Gasteiger partial charge in [0.15, 0.2) is 0 Å². The minimum atomic E-state index is 0.278. The first-order chi connectivity index (χ1) is 9.67. The maximum absolute atomic E-state index is 4.57. The number of halogens is 1. The molecule has 0 aliphatic rings. The molecule has 2 heterocycles. The summed E-state index contributed by atoms with van der Waals surface area (Å²) in [7, 11) is 0. The Morgan fingerprint density at radius 2 is 2.00 bits per heavy atom. The topological polar surface area (TPSA) is 42.7 Å². The summed E-state index contributed by atoms with van der Waals surface area (Å²) < 4.78 is 3.20. The number of pyridine rings is 1. The Kier molecular flexibility index (Phi) is 5.31. The zero-order valence-corrected chi connectivity index (χ0v) is 13.8. The van der Waals surface area contributed by atoms with E-state index in [4.69, 9.17) is 0 Å². The Balaban J connectivity index is 2.29. The van der Waals surface area contributed by atoms with Gasteiger partial charge in [-0.2, -0.15) is 5.10 Å². The van der Waals surface area contributed by atoms with Crippen LogP contribution in [-0.2, 0) is 13.0 Å². The van der Waals surface area contributed by atoms with Gasteiger partial charge < -0.3 is 5.32 Å². The Labute approximate surface area is 128 Å². The molecule has 108 valence electrons. The highest BCUT2D eigenvalue weighted by molar-refractivity contribution is 9.10. The summed E-state index contributed by atoms with van der Waals surface area (Å²) in [5.74, 6) is 0. The lowest BCUT2D eigenvalue weighted by Crippen LogP contribution is -2.24. The third-order valence-corrected chi connectivity index (χ3v) is 4.44. The second-order valence-corrected chi connectivity index (χ2v) is 5.55. The van der Waals surface area contributed by atoms with Crippen LogP contribution in [0.3, 0.4) is 0 Å². The number of nitrogens with one attached hydrogen (secondary N) is 1. The van der Waals surface area contributed by atoms with E-state index in [1.54, 1.807) is 0 Å². The highest BCUT2D eigenvalue weighted by atomic mass is 79.9. The van der Waals surface area contributed by atoms with Crippen LogP contribution in [0.1, 0.15) is 36.8 Å². The number of aryl methyl sites for hydroxylation is 2. The van der Waals surface area contributed by atoms with E-state index in [0.717, 1.165) is 29.7 Å². The largest absolute Gasteiger partial charge is 0.310 e. The molecular formula is C15H21BrN4. The van der Waals surface area contributed by atoms with Crippen LogP contribution in [0, 0.1) is 6.92 Å². The van der Waals surface area contributed by atoms with Crippen LogP contribution in [0.15, 0.2) is 29.0 Å². The molecule has 20 heavy (non-hydrogen) atoms. The van der Waals surface area contributed by atoms with Gasteiger partial charge >= 0.3 is 0 Å². The lowest BCUT2D eigenvalue weighted by Gasteiger charge is -2.19. The van der Waals surface area contributed by atoms with Gasteiger partial charge in [0, 0.05) is 31.4 Å². The number of hydrogen-bond donors (Lipinski definition) is 1. The lowest BCUT2D eigenvalue weighted by molar-refractivity contribution is 0.515. The lowest BCUT2D eigenvalue weighted by atomic mass is 10.0. The van der Waals surface area contributed by atoms with Crippen molar-refractivity contribution in [1.29, 1.82) is 0 Å². The molecule has 1 unspecified atom stereocenters. The standard InChI is InChI=1S/C15H21BrN4/c1-4-18-13(12-6-8-17-9-7-12)10-14-15(16)11(3)19-20(14)5-2/h6-9,13,18H,4-5,10H2,1-3H3. The van der Waals surface area contributed by atoms with Crippen molar-refractivity contribution < 1.29 is 0 Å². The predicted octanol–water partition coefficient (Wildman–Crippen LogP) is 3.26. The van der Waals surface area contributed by atoms with E-state index in [-0.39, 0.29) is 6.04 Å². The molecule has 1 atom stereocenters. The molecular weight excluding hydrogens is 316 g/mol. The van der Waals surface area contributed by atoms with Crippen molar-refractivity contribution in [3.05, 3.63) is 46.0 Å².